The second-order valence-electron chi connectivity index (χ2n) is 7.27. The zero-order valence-corrected chi connectivity index (χ0v) is 18.5. The number of carbonyl (C=O) groups excluding carboxylic acids is 2. The molecule has 0 aliphatic heterocycles. The molecule has 168 valence electrons. The summed E-state index contributed by atoms with van der Waals surface area (Å²) in [5.41, 5.74) is 1.57. The first-order valence-electron chi connectivity index (χ1n) is 10.3. The Morgan fingerprint density at radius 1 is 0.938 bits per heavy atom. The van der Waals surface area contributed by atoms with Crippen molar-refractivity contribution in [1.82, 2.24) is 15.5 Å². The standard InChI is InChI=1S/C24H25F2N3O2S/c1-2-29(15-22(30)27-14-17-5-9-19(25)10-6-17)16-23(31)28-24(21-4-3-13-32-21)18-7-11-20(26)12-8-18/h3-13,24H,2,14-16H2,1H3,(H,27,30)(H,28,31). The van der Waals surface area contributed by atoms with Crippen molar-refractivity contribution < 1.29 is 18.4 Å². The molecule has 2 N–H and O–H groups in total. The van der Waals surface area contributed by atoms with Gasteiger partial charge in [-0.2, -0.15) is 0 Å². The summed E-state index contributed by atoms with van der Waals surface area (Å²) in [6.45, 7) is 2.78. The molecule has 0 saturated carbocycles. The van der Waals surface area contributed by atoms with Crippen LogP contribution in [0.1, 0.15) is 29.0 Å². The van der Waals surface area contributed by atoms with Gasteiger partial charge in [0.1, 0.15) is 11.6 Å². The second-order valence-corrected chi connectivity index (χ2v) is 8.25. The van der Waals surface area contributed by atoms with Crippen LogP contribution < -0.4 is 10.6 Å². The first-order valence-corrected chi connectivity index (χ1v) is 11.1. The molecule has 8 heteroatoms. The van der Waals surface area contributed by atoms with E-state index in [4.69, 9.17) is 0 Å². The van der Waals surface area contributed by atoms with E-state index in [1.54, 1.807) is 29.2 Å². The Balaban J connectivity index is 1.56. The summed E-state index contributed by atoms with van der Waals surface area (Å²) < 4.78 is 26.3. The first kappa shape index (κ1) is 23.6. The predicted octanol–water partition coefficient (Wildman–Crippen LogP) is 3.87. The highest BCUT2D eigenvalue weighted by atomic mass is 32.1. The summed E-state index contributed by atoms with van der Waals surface area (Å²) in [4.78, 5) is 27.7. The summed E-state index contributed by atoms with van der Waals surface area (Å²) in [5.74, 6) is -1.13. The van der Waals surface area contributed by atoms with Crippen LogP contribution in [-0.2, 0) is 16.1 Å². The fourth-order valence-corrected chi connectivity index (χ4v) is 3.98. The lowest BCUT2D eigenvalue weighted by molar-refractivity contribution is -0.125. The van der Waals surface area contributed by atoms with Crippen LogP contribution in [0.3, 0.4) is 0 Å². The lowest BCUT2D eigenvalue weighted by Gasteiger charge is -2.23. The van der Waals surface area contributed by atoms with Crippen LogP contribution in [0.4, 0.5) is 8.78 Å². The van der Waals surface area contributed by atoms with Crippen LogP contribution in [0.15, 0.2) is 66.0 Å². The zero-order chi connectivity index (χ0) is 22.9. The van der Waals surface area contributed by atoms with Gasteiger partial charge >= 0.3 is 0 Å². The minimum Gasteiger partial charge on any atom is -0.351 e. The smallest absolute Gasteiger partial charge is 0.234 e. The molecule has 2 aromatic carbocycles. The molecule has 1 heterocycles. The SMILES string of the molecule is CCN(CC(=O)NCc1ccc(F)cc1)CC(=O)NC(c1ccc(F)cc1)c1cccs1. The van der Waals surface area contributed by atoms with Gasteiger partial charge in [-0.3, -0.25) is 14.5 Å². The summed E-state index contributed by atoms with van der Waals surface area (Å²) in [6.07, 6.45) is 0. The normalized spacial score (nSPS) is 11.9. The van der Waals surface area contributed by atoms with E-state index in [-0.39, 0.29) is 43.1 Å². The van der Waals surface area contributed by atoms with Gasteiger partial charge in [-0.1, -0.05) is 37.3 Å². The largest absolute Gasteiger partial charge is 0.351 e. The molecule has 2 amide bonds. The summed E-state index contributed by atoms with van der Waals surface area (Å²) >= 11 is 1.50. The van der Waals surface area contributed by atoms with Gasteiger partial charge in [0.25, 0.3) is 0 Å². The Kier molecular flexibility index (Phi) is 8.47. The third-order valence-corrected chi connectivity index (χ3v) is 5.86. The molecule has 0 saturated heterocycles. The summed E-state index contributed by atoms with van der Waals surface area (Å²) in [5, 5.41) is 7.70. The highest BCUT2D eigenvalue weighted by molar-refractivity contribution is 7.10. The molecular weight excluding hydrogens is 432 g/mol. The van der Waals surface area contributed by atoms with Crippen LogP contribution in [-0.4, -0.2) is 36.3 Å². The van der Waals surface area contributed by atoms with E-state index >= 15 is 0 Å². The Labute approximate surface area is 190 Å². The van der Waals surface area contributed by atoms with Crippen LogP contribution in [0.2, 0.25) is 0 Å². The number of thiophene rings is 1. The van der Waals surface area contributed by atoms with E-state index in [0.717, 1.165) is 16.0 Å². The Morgan fingerprint density at radius 2 is 1.56 bits per heavy atom. The van der Waals surface area contributed by atoms with Crippen molar-refractivity contribution in [3.63, 3.8) is 0 Å². The molecule has 0 spiro atoms. The summed E-state index contributed by atoms with van der Waals surface area (Å²) in [7, 11) is 0. The number of hydrogen-bond acceptors (Lipinski definition) is 4. The molecule has 1 unspecified atom stereocenters. The van der Waals surface area contributed by atoms with Crippen molar-refractivity contribution in [2.75, 3.05) is 19.6 Å². The lowest BCUT2D eigenvalue weighted by Crippen LogP contribution is -2.43. The van der Waals surface area contributed by atoms with Crippen LogP contribution >= 0.6 is 11.3 Å². The minimum absolute atomic E-state index is 0.0452. The van der Waals surface area contributed by atoms with Gasteiger partial charge in [-0.15, -0.1) is 11.3 Å². The van der Waals surface area contributed by atoms with Crippen molar-refractivity contribution in [3.8, 4) is 0 Å². The average Bonchev–Trinajstić information content (AvgIpc) is 3.32. The van der Waals surface area contributed by atoms with Crippen molar-refractivity contribution in [2.24, 2.45) is 0 Å². The molecule has 3 rings (SSSR count). The number of rotatable bonds is 10. The number of likely N-dealkylation sites (N-methyl/N-ethyl adjacent to an activating group) is 1. The fourth-order valence-electron chi connectivity index (χ4n) is 3.18. The number of nitrogens with zero attached hydrogens (tertiary/aromatic N) is 1. The number of benzene rings is 2. The molecule has 1 aromatic heterocycles. The van der Waals surface area contributed by atoms with Crippen LogP contribution in [0, 0.1) is 11.6 Å². The van der Waals surface area contributed by atoms with Gasteiger partial charge in [0.2, 0.25) is 11.8 Å². The summed E-state index contributed by atoms with van der Waals surface area (Å²) in [6, 6.07) is 15.4. The third kappa shape index (κ3) is 6.96. The molecule has 5 nitrogen and oxygen atoms in total. The molecule has 32 heavy (non-hydrogen) atoms. The van der Waals surface area contributed by atoms with Crippen LogP contribution in [0.5, 0.6) is 0 Å². The van der Waals surface area contributed by atoms with Gasteiger partial charge in [-0.25, -0.2) is 8.78 Å². The highest BCUT2D eigenvalue weighted by Gasteiger charge is 2.20. The van der Waals surface area contributed by atoms with E-state index in [0.29, 0.717) is 6.54 Å². The molecular formula is C24H25F2N3O2S. The number of hydrogen-bond donors (Lipinski definition) is 2. The highest BCUT2D eigenvalue weighted by Crippen LogP contribution is 2.26. The molecule has 3 aromatic rings. The zero-order valence-electron chi connectivity index (χ0n) is 17.7. The monoisotopic (exact) mass is 457 g/mol. The molecule has 0 aliphatic carbocycles. The fraction of sp³-hybridized carbons (Fsp3) is 0.250. The van der Waals surface area contributed by atoms with Gasteiger partial charge in [0, 0.05) is 11.4 Å². The number of carbonyl (C=O) groups is 2. The Hall–Kier alpha value is -3.10. The lowest BCUT2D eigenvalue weighted by atomic mass is 10.1. The Morgan fingerprint density at radius 3 is 2.16 bits per heavy atom. The van der Waals surface area contributed by atoms with Gasteiger partial charge in [0.05, 0.1) is 19.1 Å². The predicted molar refractivity (Wildman–Crippen MR) is 121 cm³/mol. The maximum absolute atomic E-state index is 13.3. The van der Waals surface area contributed by atoms with Crippen molar-refractivity contribution >= 4 is 23.2 Å². The maximum atomic E-state index is 13.3. The third-order valence-electron chi connectivity index (χ3n) is 4.92. The first-order chi connectivity index (χ1) is 15.4. The molecule has 0 fully saturated rings. The minimum atomic E-state index is -0.394. The molecule has 1 atom stereocenters. The molecule has 0 radical (unpaired) electrons. The van der Waals surface area contributed by atoms with Gasteiger partial charge < -0.3 is 10.6 Å². The second kappa shape index (κ2) is 11.5. The Bertz CT molecular complexity index is 1010. The van der Waals surface area contributed by atoms with E-state index in [1.807, 2.05) is 24.4 Å². The molecule has 0 aliphatic rings. The van der Waals surface area contributed by atoms with E-state index in [9.17, 15) is 18.4 Å². The van der Waals surface area contributed by atoms with Gasteiger partial charge in [0.15, 0.2) is 0 Å². The number of halogens is 2. The van der Waals surface area contributed by atoms with Gasteiger partial charge in [-0.05, 0) is 53.4 Å². The van der Waals surface area contributed by atoms with E-state index in [1.165, 1.54) is 35.6 Å². The average molecular weight is 458 g/mol. The topological polar surface area (TPSA) is 61.4 Å². The number of nitrogens with one attached hydrogen (secondary N) is 2. The van der Waals surface area contributed by atoms with Crippen molar-refractivity contribution in [3.05, 3.63) is 93.7 Å². The van der Waals surface area contributed by atoms with E-state index in [2.05, 4.69) is 10.6 Å². The van der Waals surface area contributed by atoms with Crippen LogP contribution in [0.25, 0.3) is 0 Å². The van der Waals surface area contributed by atoms with Crippen molar-refractivity contribution in [2.45, 2.75) is 19.5 Å². The number of amides is 2. The van der Waals surface area contributed by atoms with E-state index < -0.39 is 6.04 Å². The molecule has 0 bridgehead atoms. The van der Waals surface area contributed by atoms with Crippen molar-refractivity contribution in [1.29, 1.82) is 0 Å². The maximum Gasteiger partial charge on any atom is 0.234 e. The quantitative estimate of drug-likeness (QED) is 0.486.